The number of rotatable bonds is 2. The number of hydrogen-bond donors (Lipinski definition) is 2. The molecule has 0 saturated heterocycles. The number of hydrogen-bond acceptors (Lipinski definition) is 3. The number of carbonyl (C=O) groups is 1. The minimum Gasteiger partial charge on any atom is -0.395 e. The molecule has 0 saturated carbocycles. The van der Waals surface area contributed by atoms with Crippen LogP contribution in [0.15, 0.2) is 0 Å². The van der Waals surface area contributed by atoms with Crippen molar-refractivity contribution in [3.63, 3.8) is 0 Å². The summed E-state index contributed by atoms with van der Waals surface area (Å²) in [5.41, 5.74) is 5.81. The lowest BCUT2D eigenvalue weighted by Crippen LogP contribution is -2.36. The maximum absolute atomic E-state index is 12.0. The molecule has 0 aliphatic heterocycles. The lowest BCUT2D eigenvalue weighted by atomic mass is 10.3. The standard InChI is InChI=1S/C8H11F3N4O/c1-4-5(12)6(14-13-4)7(16)15(2)3-8(9,10)11/h3,12H2,1-2H3,(H,13,14). The largest absolute Gasteiger partial charge is 0.406 e. The predicted molar refractivity (Wildman–Crippen MR) is 50.8 cm³/mol. The smallest absolute Gasteiger partial charge is 0.395 e. The Balaban J connectivity index is 2.83. The fourth-order valence-corrected chi connectivity index (χ4v) is 1.12. The van der Waals surface area contributed by atoms with E-state index in [4.69, 9.17) is 5.73 Å². The van der Waals surface area contributed by atoms with Gasteiger partial charge in [-0.05, 0) is 6.92 Å². The molecule has 0 aliphatic rings. The number of aromatic amines is 1. The van der Waals surface area contributed by atoms with Crippen LogP contribution >= 0.6 is 0 Å². The molecule has 0 atom stereocenters. The molecule has 8 heteroatoms. The summed E-state index contributed by atoms with van der Waals surface area (Å²) in [6, 6.07) is 0. The molecule has 16 heavy (non-hydrogen) atoms. The minimum atomic E-state index is -4.44. The molecule has 5 nitrogen and oxygen atoms in total. The molecule has 0 aliphatic carbocycles. The number of halogens is 3. The van der Waals surface area contributed by atoms with Crippen molar-refractivity contribution in [2.24, 2.45) is 0 Å². The van der Waals surface area contributed by atoms with Crippen LogP contribution in [0.3, 0.4) is 0 Å². The van der Waals surface area contributed by atoms with Crippen molar-refractivity contribution in [1.82, 2.24) is 15.1 Å². The van der Waals surface area contributed by atoms with Gasteiger partial charge in [0, 0.05) is 7.05 Å². The Bertz CT molecular complexity index is 398. The van der Waals surface area contributed by atoms with Crippen LogP contribution < -0.4 is 5.73 Å². The highest BCUT2D eigenvalue weighted by molar-refractivity contribution is 5.97. The molecule has 0 bridgehead atoms. The molecule has 1 aromatic rings. The van der Waals surface area contributed by atoms with Gasteiger partial charge in [0.25, 0.3) is 5.91 Å². The van der Waals surface area contributed by atoms with Crippen LogP contribution in [0, 0.1) is 6.92 Å². The Morgan fingerprint density at radius 2 is 2.12 bits per heavy atom. The van der Waals surface area contributed by atoms with Gasteiger partial charge >= 0.3 is 6.18 Å². The summed E-state index contributed by atoms with van der Waals surface area (Å²) >= 11 is 0. The van der Waals surface area contributed by atoms with Gasteiger partial charge in [-0.25, -0.2) is 0 Å². The quantitative estimate of drug-likeness (QED) is 0.802. The number of nitrogens with two attached hydrogens (primary N) is 1. The highest BCUT2D eigenvalue weighted by atomic mass is 19.4. The van der Waals surface area contributed by atoms with Crippen molar-refractivity contribution in [3.8, 4) is 0 Å². The van der Waals surface area contributed by atoms with E-state index in [1.807, 2.05) is 0 Å². The Morgan fingerprint density at radius 1 is 1.56 bits per heavy atom. The number of nitrogens with zero attached hydrogens (tertiary/aromatic N) is 2. The zero-order chi connectivity index (χ0) is 12.5. The van der Waals surface area contributed by atoms with Gasteiger partial charge in [0.05, 0.1) is 11.4 Å². The molecule has 0 fully saturated rings. The molecule has 0 spiro atoms. The zero-order valence-electron chi connectivity index (χ0n) is 8.72. The fourth-order valence-electron chi connectivity index (χ4n) is 1.12. The molecular formula is C8H11F3N4O. The van der Waals surface area contributed by atoms with Crippen LogP contribution in [-0.4, -0.2) is 40.8 Å². The van der Waals surface area contributed by atoms with Gasteiger partial charge in [-0.1, -0.05) is 0 Å². The Kier molecular flexibility index (Phi) is 3.11. The number of H-pyrrole nitrogens is 1. The molecule has 1 amide bonds. The molecule has 3 N–H and O–H groups in total. The topological polar surface area (TPSA) is 75.0 Å². The summed E-state index contributed by atoms with van der Waals surface area (Å²) in [6.45, 7) is 0.236. The van der Waals surface area contributed by atoms with Crippen molar-refractivity contribution < 1.29 is 18.0 Å². The molecular weight excluding hydrogens is 225 g/mol. The van der Waals surface area contributed by atoms with E-state index in [9.17, 15) is 18.0 Å². The summed E-state index contributed by atoms with van der Waals surface area (Å²) in [6.07, 6.45) is -4.44. The maximum atomic E-state index is 12.0. The SMILES string of the molecule is Cc1[nH]nc(C(=O)N(C)CC(F)(F)F)c1N. The zero-order valence-corrected chi connectivity index (χ0v) is 8.72. The van der Waals surface area contributed by atoms with E-state index >= 15 is 0 Å². The first-order chi connectivity index (χ1) is 7.22. The monoisotopic (exact) mass is 236 g/mol. The van der Waals surface area contributed by atoms with Crippen LogP contribution in [0.4, 0.5) is 18.9 Å². The van der Waals surface area contributed by atoms with Crippen LogP contribution in [0.1, 0.15) is 16.2 Å². The van der Waals surface area contributed by atoms with Crippen LogP contribution in [0.25, 0.3) is 0 Å². The summed E-state index contributed by atoms with van der Waals surface area (Å²) < 4.78 is 36.1. The van der Waals surface area contributed by atoms with Gasteiger partial charge in [0.1, 0.15) is 6.54 Å². The molecule has 1 aromatic heterocycles. The first kappa shape index (κ1) is 12.3. The number of nitrogen functional groups attached to an aromatic ring is 1. The van der Waals surface area contributed by atoms with Gasteiger partial charge in [-0.15, -0.1) is 0 Å². The van der Waals surface area contributed by atoms with Gasteiger partial charge in [0.15, 0.2) is 5.69 Å². The third-order valence-corrected chi connectivity index (χ3v) is 1.96. The van der Waals surface area contributed by atoms with Gasteiger partial charge in [0.2, 0.25) is 0 Å². The van der Waals surface area contributed by atoms with Gasteiger partial charge in [-0.3, -0.25) is 9.89 Å². The van der Waals surface area contributed by atoms with Crippen LogP contribution in [-0.2, 0) is 0 Å². The molecule has 0 aromatic carbocycles. The number of anilines is 1. The number of aryl methyl sites for hydroxylation is 1. The normalized spacial score (nSPS) is 11.6. The van der Waals surface area contributed by atoms with Crippen LogP contribution in [0.2, 0.25) is 0 Å². The third-order valence-electron chi connectivity index (χ3n) is 1.96. The van der Waals surface area contributed by atoms with Crippen LogP contribution in [0.5, 0.6) is 0 Å². The lowest BCUT2D eigenvalue weighted by Gasteiger charge is -2.17. The summed E-state index contributed by atoms with van der Waals surface area (Å²) in [5.74, 6) is -0.862. The fraction of sp³-hybridized carbons (Fsp3) is 0.500. The first-order valence-corrected chi connectivity index (χ1v) is 4.35. The van der Waals surface area contributed by atoms with Crippen molar-refractivity contribution in [1.29, 1.82) is 0 Å². The summed E-state index contributed by atoms with van der Waals surface area (Å²) in [4.78, 5) is 12.0. The van der Waals surface area contributed by atoms with Crippen molar-refractivity contribution in [3.05, 3.63) is 11.4 Å². The molecule has 0 radical (unpaired) electrons. The maximum Gasteiger partial charge on any atom is 0.406 e. The third kappa shape index (κ3) is 2.65. The van der Waals surface area contributed by atoms with Crippen molar-refractivity contribution in [2.75, 3.05) is 19.3 Å². The second-order valence-electron chi connectivity index (χ2n) is 3.39. The average molecular weight is 236 g/mol. The number of amides is 1. The highest BCUT2D eigenvalue weighted by Gasteiger charge is 2.32. The minimum absolute atomic E-state index is 0.0685. The number of nitrogens with one attached hydrogen (secondary N) is 1. The number of aromatic nitrogens is 2. The summed E-state index contributed by atoms with van der Waals surface area (Å²) in [7, 11) is 1.04. The molecule has 1 rings (SSSR count). The first-order valence-electron chi connectivity index (χ1n) is 4.35. The number of alkyl halides is 3. The Hall–Kier alpha value is -1.73. The van der Waals surface area contributed by atoms with E-state index < -0.39 is 18.6 Å². The van der Waals surface area contributed by atoms with E-state index in [-0.39, 0.29) is 11.4 Å². The number of carbonyl (C=O) groups excluding carboxylic acids is 1. The molecule has 1 heterocycles. The van der Waals surface area contributed by atoms with Crippen molar-refractivity contribution >= 4 is 11.6 Å². The van der Waals surface area contributed by atoms with Crippen molar-refractivity contribution in [2.45, 2.75) is 13.1 Å². The second-order valence-corrected chi connectivity index (χ2v) is 3.39. The highest BCUT2D eigenvalue weighted by Crippen LogP contribution is 2.19. The average Bonchev–Trinajstić information content (AvgIpc) is 2.44. The van der Waals surface area contributed by atoms with E-state index in [0.717, 1.165) is 7.05 Å². The Morgan fingerprint density at radius 3 is 2.50 bits per heavy atom. The van der Waals surface area contributed by atoms with Gasteiger partial charge in [-0.2, -0.15) is 18.3 Å². The van der Waals surface area contributed by atoms with E-state index in [1.54, 1.807) is 6.92 Å². The molecule has 90 valence electrons. The molecule has 0 unspecified atom stereocenters. The predicted octanol–water partition coefficient (Wildman–Crippen LogP) is 0.935. The lowest BCUT2D eigenvalue weighted by molar-refractivity contribution is -0.138. The summed E-state index contributed by atoms with van der Waals surface area (Å²) in [5, 5.41) is 5.99. The Labute approximate surface area is 89.4 Å². The van der Waals surface area contributed by atoms with E-state index in [0.29, 0.717) is 10.6 Å². The second kappa shape index (κ2) is 4.03. The van der Waals surface area contributed by atoms with E-state index in [1.165, 1.54) is 0 Å². The van der Waals surface area contributed by atoms with Gasteiger partial charge < -0.3 is 10.6 Å². The van der Waals surface area contributed by atoms with E-state index in [2.05, 4.69) is 10.2 Å².